The van der Waals surface area contributed by atoms with E-state index in [0.29, 0.717) is 11.2 Å². The van der Waals surface area contributed by atoms with Crippen LogP contribution in [0, 0.1) is 6.92 Å². The predicted molar refractivity (Wildman–Crippen MR) is 119 cm³/mol. The van der Waals surface area contributed by atoms with Gasteiger partial charge in [-0.25, -0.2) is 9.97 Å². The molecule has 7 nitrogen and oxygen atoms in total. The molecule has 0 spiro atoms. The van der Waals surface area contributed by atoms with Gasteiger partial charge < -0.3 is 19.9 Å². The van der Waals surface area contributed by atoms with Crippen molar-refractivity contribution in [2.24, 2.45) is 0 Å². The molecule has 0 aromatic carbocycles. The van der Waals surface area contributed by atoms with Crippen LogP contribution in [0.2, 0.25) is 0 Å². The Kier molecular flexibility index (Phi) is 5.03. The molecule has 0 amide bonds. The number of hydrogen-bond acceptors (Lipinski definition) is 4. The first-order valence-electron chi connectivity index (χ1n) is 9.70. The highest BCUT2D eigenvalue weighted by Gasteiger charge is 2.17. The zero-order valence-corrected chi connectivity index (χ0v) is 18.2. The quantitative estimate of drug-likeness (QED) is 0.468. The minimum absolute atomic E-state index is 0.0442. The smallest absolute Gasteiger partial charge is 0.260 e. The molecule has 0 radical (unpaired) electrons. The van der Waals surface area contributed by atoms with E-state index in [9.17, 15) is 4.79 Å². The lowest BCUT2D eigenvalue weighted by Crippen LogP contribution is -2.22. The van der Waals surface area contributed by atoms with Crippen LogP contribution in [-0.2, 0) is 11.1 Å². The van der Waals surface area contributed by atoms with Gasteiger partial charge in [0.05, 0.1) is 5.39 Å². The Hall–Kier alpha value is -3.09. The van der Waals surface area contributed by atoms with E-state index in [4.69, 9.17) is 5.73 Å². The average Bonchev–Trinajstić information content (AvgIpc) is 3.19. The molecular formula is C22H30N6O. The highest BCUT2D eigenvalue weighted by atomic mass is 16.1. The van der Waals surface area contributed by atoms with Gasteiger partial charge in [-0.3, -0.25) is 4.79 Å². The summed E-state index contributed by atoms with van der Waals surface area (Å²) in [6.07, 6.45) is 5.69. The molecule has 29 heavy (non-hydrogen) atoms. The van der Waals surface area contributed by atoms with Crippen LogP contribution in [0.1, 0.15) is 47.4 Å². The van der Waals surface area contributed by atoms with E-state index in [2.05, 4.69) is 61.1 Å². The van der Waals surface area contributed by atoms with Crippen molar-refractivity contribution in [3.05, 3.63) is 53.0 Å². The van der Waals surface area contributed by atoms with Crippen LogP contribution in [0.15, 0.2) is 41.6 Å². The van der Waals surface area contributed by atoms with Crippen LogP contribution in [0.5, 0.6) is 0 Å². The van der Waals surface area contributed by atoms with Crippen molar-refractivity contribution in [1.82, 2.24) is 24.1 Å². The maximum atomic E-state index is 11.6. The number of nitrogens with one attached hydrogen (secondary N) is 1. The first kappa shape index (κ1) is 20.6. The van der Waals surface area contributed by atoms with Crippen molar-refractivity contribution >= 4 is 27.8 Å². The number of fused-ring (bicyclic) bond motifs is 2. The number of nitrogen functional groups attached to an aromatic ring is 1. The van der Waals surface area contributed by atoms with Crippen LogP contribution in [0.3, 0.4) is 0 Å². The molecule has 0 unspecified atom stereocenters. The number of pyridine rings is 1. The number of anilines is 1. The molecule has 0 saturated heterocycles. The van der Waals surface area contributed by atoms with Crippen molar-refractivity contribution in [2.45, 2.75) is 59.5 Å². The molecule has 0 aliphatic heterocycles. The first-order valence-corrected chi connectivity index (χ1v) is 9.70. The Morgan fingerprint density at radius 2 is 1.45 bits per heavy atom. The van der Waals surface area contributed by atoms with Gasteiger partial charge in [0.2, 0.25) is 0 Å². The molecule has 0 bridgehead atoms. The molecule has 0 fully saturated rings. The molecular weight excluding hydrogens is 364 g/mol. The van der Waals surface area contributed by atoms with E-state index in [1.165, 1.54) is 0 Å². The van der Waals surface area contributed by atoms with Crippen LogP contribution in [-0.4, -0.2) is 24.1 Å². The SMILES string of the molecule is CC(C)(C)n1ccc2c(N)ccnc21.Cc1nc2c(ccn2C(C)(C)C)c(=O)[nH]1. The maximum Gasteiger partial charge on any atom is 0.260 e. The minimum Gasteiger partial charge on any atom is -0.398 e. The summed E-state index contributed by atoms with van der Waals surface area (Å²) in [5.41, 5.74) is 8.27. The predicted octanol–water partition coefficient (Wildman–Crippen LogP) is 4.16. The third kappa shape index (κ3) is 4.04. The van der Waals surface area contributed by atoms with E-state index in [0.717, 1.165) is 22.4 Å². The summed E-state index contributed by atoms with van der Waals surface area (Å²) in [5, 5.41) is 1.68. The molecule has 4 rings (SSSR count). The van der Waals surface area contributed by atoms with E-state index in [-0.39, 0.29) is 16.6 Å². The summed E-state index contributed by atoms with van der Waals surface area (Å²) in [7, 11) is 0. The number of nitrogens with zero attached hydrogens (tertiary/aromatic N) is 4. The molecule has 0 saturated carbocycles. The fraction of sp³-hybridized carbons (Fsp3) is 0.409. The van der Waals surface area contributed by atoms with Gasteiger partial charge in [-0.1, -0.05) is 0 Å². The van der Waals surface area contributed by atoms with E-state index in [1.54, 1.807) is 13.1 Å². The second kappa shape index (κ2) is 7.06. The third-order valence-corrected chi connectivity index (χ3v) is 4.74. The van der Waals surface area contributed by atoms with Crippen LogP contribution in [0.4, 0.5) is 5.69 Å². The number of hydrogen-bond donors (Lipinski definition) is 2. The van der Waals surface area contributed by atoms with Gasteiger partial charge in [-0.15, -0.1) is 0 Å². The lowest BCUT2D eigenvalue weighted by atomic mass is 10.1. The highest BCUT2D eigenvalue weighted by molar-refractivity contribution is 5.88. The average molecular weight is 395 g/mol. The summed E-state index contributed by atoms with van der Waals surface area (Å²) in [6.45, 7) is 14.5. The zero-order chi connectivity index (χ0) is 21.6. The normalized spacial score (nSPS) is 12.2. The summed E-state index contributed by atoms with van der Waals surface area (Å²) in [6, 6.07) is 5.66. The minimum atomic E-state index is -0.0690. The van der Waals surface area contributed by atoms with Gasteiger partial charge in [0, 0.05) is 40.7 Å². The van der Waals surface area contributed by atoms with Gasteiger partial charge in [0.15, 0.2) is 0 Å². The van der Waals surface area contributed by atoms with Crippen LogP contribution >= 0.6 is 0 Å². The Labute approximate surface area is 170 Å². The number of aryl methyl sites for hydroxylation is 1. The number of rotatable bonds is 0. The van der Waals surface area contributed by atoms with E-state index in [1.807, 2.05) is 35.2 Å². The fourth-order valence-electron chi connectivity index (χ4n) is 3.28. The molecule has 4 heterocycles. The maximum absolute atomic E-state index is 11.6. The molecule has 0 atom stereocenters. The van der Waals surface area contributed by atoms with Gasteiger partial charge >= 0.3 is 0 Å². The molecule has 3 N–H and O–H groups in total. The Balaban J connectivity index is 0.000000166. The number of H-pyrrole nitrogens is 1. The Morgan fingerprint density at radius 1 is 0.897 bits per heavy atom. The monoisotopic (exact) mass is 394 g/mol. The lowest BCUT2D eigenvalue weighted by Gasteiger charge is -2.21. The number of nitrogens with two attached hydrogens (primary N) is 1. The fourth-order valence-corrected chi connectivity index (χ4v) is 3.28. The second-order valence-electron chi connectivity index (χ2n) is 9.24. The summed E-state index contributed by atoms with van der Waals surface area (Å²) >= 11 is 0. The van der Waals surface area contributed by atoms with Crippen molar-refractivity contribution in [3.63, 3.8) is 0 Å². The van der Waals surface area contributed by atoms with Crippen LogP contribution in [0.25, 0.3) is 22.1 Å². The molecule has 0 aliphatic rings. The Bertz CT molecular complexity index is 1210. The van der Waals surface area contributed by atoms with Crippen molar-refractivity contribution < 1.29 is 0 Å². The molecule has 4 aromatic rings. The highest BCUT2D eigenvalue weighted by Crippen LogP contribution is 2.25. The summed E-state index contributed by atoms with van der Waals surface area (Å²) in [5.74, 6) is 0.650. The van der Waals surface area contributed by atoms with Crippen molar-refractivity contribution in [3.8, 4) is 0 Å². The number of aromatic amines is 1. The first-order chi connectivity index (χ1) is 13.4. The van der Waals surface area contributed by atoms with Gasteiger partial charge in [-0.05, 0) is 66.7 Å². The zero-order valence-electron chi connectivity index (χ0n) is 18.2. The second-order valence-corrected chi connectivity index (χ2v) is 9.24. The van der Waals surface area contributed by atoms with E-state index < -0.39 is 0 Å². The van der Waals surface area contributed by atoms with Crippen LogP contribution < -0.4 is 11.3 Å². The van der Waals surface area contributed by atoms with Gasteiger partial charge in [-0.2, -0.15) is 0 Å². The van der Waals surface area contributed by atoms with E-state index >= 15 is 0 Å². The molecule has 0 aliphatic carbocycles. The summed E-state index contributed by atoms with van der Waals surface area (Å²) < 4.78 is 4.16. The van der Waals surface area contributed by atoms with Gasteiger partial charge in [0.1, 0.15) is 17.1 Å². The summed E-state index contributed by atoms with van der Waals surface area (Å²) in [4.78, 5) is 23.1. The number of aromatic nitrogens is 5. The molecule has 7 heteroatoms. The largest absolute Gasteiger partial charge is 0.398 e. The third-order valence-electron chi connectivity index (χ3n) is 4.74. The van der Waals surface area contributed by atoms with Crippen molar-refractivity contribution in [1.29, 1.82) is 0 Å². The topological polar surface area (TPSA) is 94.5 Å². The van der Waals surface area contributed by atoms with Crippen molar-refractivity contribution in [2.75, 3.05) is 5.73 Å². The molecule has 154 valence electrons. The lowest BCUT2D eigenvalue weighted by molar-refractivity contribution is 0.408. The standard InChI is InChI=1S/C11H15N3O.C11H15N3/c1-7-12-9-8(10(15)13-7)5-6-14(9)11(2,3)4;1-11(2,3)14-7-5-8-9(12)4-6-13-10(8)14/h5-6H,1-4H3,(H,12,13,15);4-7H,1-3H3,(H2,12,13). The molecule has 4 aromatic heterocycles. The Morgan fingerprint density at radius 3 is 2.03 bits per heavy atom. The van der Waals surface area contributed by atoms with Gasteiger partial charge in [0.25, 0.3) is 5.56 Å².